The van der Waals surface area contributed by atoms with E-state index in [2.05, 4.69) is 10.1 Å². The molecule has 1 amide bonds. The van der Waals surface area contributed by atoms with E-state index in [-0.39, 0.29) is 25.0 Å². The predicted octanol–water partition coefficient (Wildman–Crippen LogP) is -0.422. The van der Waals surface area contributed by atoms with Crippen LogP contribution in [0.4, 0.5) is 4.79 Å². The number of Topliss-reactive ketones (excluding diaryl/α,β-unsaturated/α-hetero) is 1. The molecule has 11 atom stereocenters. The third-order valence-electron chi connectivity index (χ3n) is 10.4. The molecule has 12 heteroatoms. The highest BCUT2D eigenvalue weighted by Crippen LogP contribution is 2.64. The molecule has 220 valence electrons. The van der Waals surface area contributed by atoms with Gasteiger partial charge in [0.1, 0.15) is 17.8 Å². The average molecular weight is 556 g/mol. The molecule has 12 nitrogen and oxygen atoms in total. The van der Waals surface area contributed by atoms with Crippen molar-refractivity contribution >= 4 is 17.8 Å². The number of aliphatic hydroxyl groups is 5. The number of nitrogens with one attached hydrogen (secondary N) is 1. The largest absolute Gasteiger partial charge is 0.456 e. The molecular formula is C27H41NO11. The van der Waals surface area contributed by atoms with E-state index >= 15 is 0 Å². The summed E-state index contributed by atoms with van der Waals surface area (Å²) in [5, 5.41) is 59.7. The van der Waals surface area contributed by atoms with E-state index in [9.17, 15) is 39.9 Å². The number of hydrogen-bond donors (Lipinski definition) is 6. The molecule has 10 unspecified atom stereocenters. The van der Waals surface area contributed by atoms with Gasteiger partial charge < -0.3 is 45.1 Å². The number of hydrogen-bond acceptors (Lipinski definition) is 11. The third kappa shape index (κ3) is 3.98. The number of carbonyl (C=O) groups excluding carboxylic acids is 3. The highest BCUT2D eigenvalue weighted by atomic mass is 16.6. The maximum atomic E-state index is 14.0. The Kier molecular flexibility index (Phi) is 7.27. The van der Waals surface area contributed by atoms with E-state index in [1.165, 1.54) is 13.8 Å². The van der Waals surface area contributed by atoms with Crippen molar-refractivity contribution < 1.29 is 54.1 Å². The Hall–Kier alpha value is -2.09. The molecule has 0 aromatic rings. The van der Waals surface area contributed by atoms with Gasteiger partial charge in [-0.3, -0.25) is 4.79 Å². The first-order valence-corrected chi connectivity index (χ1v) is 13.3. The van der Waals surface area contributed by atoms with Gasteiger partial charge >= 0.3 is 12.1 Å². The van der Waals surface area contributed by atoms with Crippen LogP contribution in [0.15, 0.2) is 11.1 Å². The van der Waals surface area contributed by atoms with Crippen LogP contribution in [0.3, 0.4) is 0 Å². The second-order valence-electron chi connectivity index (χ2n) is 12.5. The van der Waals surface area contributed by atoms with Gasteiger partial charge in [0.2, 0.25) is 0 Å². The first-order chi connectivity index (χ1) is 17.9. The number of ether oxygens (including phenoxy) is 3. The lowest BCUT2D eigenvalue weighted by Gasteiger charge is -2.67. The number of amides is 1. The molecule has 4 rings (SSSR count). The lowest BCUT2D eigenvalue weighted by molar-refractivity contribution is -0.335. The van der Waals surface area contributed by atoms with Crippen LogP contribution in [0.2, 0.25) is 0 Å². The van der Waals surface area contributed by atoms with Crippen molar-refractivity contribution in [3.05, 3.63) is 11.1 Å². The average Bonchev–Trinajstić information content (AvgIpc) is 2.86. The highest BCUT2D eigenvalue weighted by Gasteiger charge is 2.74. The number of fused-ring (bicyclic) bond motifs is 5. The lowest BCUT2D eigenvalue weighted by atomic mass is 9.43. The summed E-state index contributed by atoms with van der Waals surface area (Å²) in [4.78, 5) is 38.5. The highest BCUT2D eigenvalue weighted by molar-refractivity contribution is 5.93. The van der Waals surface area contributed by atoms with Crippen LogP contribution in [0.5, 0.6) is 0 Å². The molecule has 0 radical (unpaired) electrons. The molecule has 6 N–H and O–H groups in total. The fraction of sp³-hybridized carbons (Fsp3) is 0.815. The van der Waals surface area contributed by atoms with Crippen LogP contribution >= 0.6 is 0 Å². The van der Waals surface area contributed by atoms with Crippen molar-refractivity contribution in [2.45, 2.75) is 102 Å². The zero-order valence-corrected chi connectivity index (χ0v) is 23.4. The Balaban J connectivity index is 1.79. The molecule has 0 aromatic carbocycles. The summed E-state index contributed by atoms with van der Waals surface area (Å²) in [6, 6.07) is -1.06. The topological polar surface area (TPSA) is 192 Å². The molecule has 0 spiro atoms. The summed E-state index contributed by atoms with van der Waals surface area (Å²) < 4.78 is 15.7. The Morgan fingerprint density at radius 3 is 2.33 bits per heavy atom. The van der Waals surface area contributed by atoms with Crippen molar-refractivity contribution in [1.82, 2.24) is 5.32 Å². The van der Waals surface area contributed by atoms with Crippen LogP contribution in [0, 0.1) is 22.7 Å². The molecule has 3 aliphatic carbocycles. The number of rotatable bonds is 4. The molecular weight excluding hydrogens is 514 g/mol. The number of ketones is 1. The van der Waals surface area contributed by atoms with Crippen molar-refractivity contribution in [3.8, 4) is 0 Å². The molecule has 1 heterocycles. The quantitative estimate of drug-likeness (QED) is 0.195. The Bertz CT molecular complexity index is 1090. The Morgan fingerprint density at radius 2 is 1.79 bits per heavy atom. The van der Waals surface area contributed by atoms with Crippen LogP contribution in [-0.2, 0) is 23.8 Å². The van der Waals surface area contributed by atoms with Gasteiger partial charge in [0.25, 0.3) is 0 Å². The third-order valence-corrected chi connectivity index (χ3v) is 10.4. The van der Waals surface area contributed by atoms with Gasteiger partial charge in [-0.05, 0) is 37.8 Å². The van der Waals surface area contributed by atoms with E-state index in [4.69, 9.17) is 9.47 Å². The number of carbonyl (C=O) groups is 3. The van der Waals surface area contributed by atoms with E-state index in [0.717, 1.165) is 7.11 Å². The molecule has 39 heavy (non-hydrogen) atoms. The maximum Gasteiger partial charge on any atom is 0.407 e. The van der Waals surface area contributed by atoms with Crippen LogP contribution < -0.4 is 5.32 Å². The molecule has 3 fully saturated rings. The summed E-state index contributed by atoms with van der Waals surface area (Å²) >= 11 is 0. The van der Waals surface area contributed by atoms with E-state index in [1.807, 2.05) is 0 Å². The molecule has 2 saturated carbocycles. The molecule has 2 bridgehead atoms. The fourth-order valence-electron chi connectivity index (χ4n) is 7.85. The predicted molar refractivity (Wildman–Crippen MR) is 134 cm³/mol. The molecule has 1 saturated heterocycles. The van der Waals surface area contributed by atoms with Gasteiger partial charge in [-0.1, -0.05) is 20.8 Å². The normalized spacial score (nSPS) is 44.5. The Labute approximate surface area is 227 Å². The standard InChI is InChI=1S/C27H41NO11/c1-11-14(39-22(33)18(30)13(3)28-23(34)37-7)9-27(36)12(2)20-25(6,15(29)8-16-26(20,35)10-38-16)21(32)19(31)17(11)24(27,4)5/h12-16,18-20,29-31,35-36H,8-10H2,1-7H3,(H,28,34)/t12?,13?,14?,15?,16?,18?,19?,20?,25-,26?,27?/m1/s1. The minimum absolute atomic E-state index is 0.00442. The van der Waals surface area contributed by atoms with Gasteiger partial charge in [0.15, 0.2) is 11.9 Å². The lowest BCUT2D eigenvalue weighted by Crippen LogP contribution is -2.78. The van der Waals surface area contributed by atoms with E-state index in [1.54, 1.807) is 27.7 Å². The summed E-state index contributed by atoms with van der Waals surface area (Å²) in [5.74, 6) is -3.61. The van der Waals surface area contributed by atoms with Crippen LogP contribution in [0.1, 0.15) is 54.4 Å². The molecule has 4 aliphatic rings. The summed E-state index contributed by atoms with van der Waals surface area (Å²) in [5.41, 5.74) is -5.59. The SMILES string of the molecule is COC(=O)NC(C)C(O)C(=O)OC1CC2(O)C(C)C3C4(O)COC4CC(O)[C@@]3(C)C(=O)C(O)C(=C1C)C2(C)C. The zero-order chi connectivity index (χ0) is 29.5. The van der Waals surface area contributed by atoms with Crippen molar-refractivity contribution in [2.75, 3.05) is 13.7 Å². The van der Waals surface area contributed by atoms with E-state index < -0.39 is 88.3 Å². The number of methoxy groups -OCH3 is 1. The number of esters is 1. The summed E-state index contributed by atoms with van der Waals surface area (Å²) in [6.45, 7) is 9.46. The van der Waals surface area contributed by atoms with Gasteiger partial charge in [-0.15, -0.1) is 0 Å². The minimum Gasteiger partial charge on any atom is -0.456 e. The first kappa shape index (κ1) is 29.9. The maximum absolute atomic E-state index is 14.0. The Morgan fingerprint density at radius 1 is 1.18 bits per heavy atom. The second-order valence-corrected chi connectivity index (χ2v) is 12.5. The van der Waals surface area contributed by atoms with Gasteiger partial charge in [-0.25, -0.2) is 9.59 Å². The number of aliphatic hydroxyl groups excluding tert-OH is 3. The monoisotopic (exact) mass is 555 g/mol. The minimum atomic E-state index is -1.77. The fourth-order valence-corrected chi connectivity index (χ4v) is 7.85. The van der Waals surface area contributed by atoms with E-state index in [0.29, 0.717) is 5.57 Å². The van der Waals surface area contributed by atoms with Gasteiger partial charge in [0, 0.05) is 24.2 Å². The van der Waals surface area contributed by atoms with Crippen molar-refractivity contribution in [1.29, 1.82) is 0 Å². The summed E-state index contributed by atoms with van der Waals surface area (Å²) in [6.07, 6.45) is -7.68. The second kappa shape index (κ2) is 9.49. The first-order valence-electron chi connectivity index (χ1n) is 13.3. The van der Waals surface area contributed by atoms with Gasteiger partial charge in [0.05, 0.1) is 43.0 Å². The number of alkyl carbamates (subject to hydrolysis) is 1. The van der Waals surface area contributed by atoms with Crippen LogP contribution in [0.25, 0.3) is 0 Å². The van der Waals surface area contributed by atoms with Crippen molar-refractivity contribution in [3.63, 3.8) is 0 Å². The molecule has 0 aromatic heterocycles. The zero-order valence-electron chi connectivity index (χ0n) is 23.4. The van der Waals surface area contributed by atoms with Crippen LogP contribution in [-0.4, -0.2) is 105 Å². The van der Waals surface area contributed by atoms with Crippen molar-refractivity contribution in [2.24, 2.45) is 22.7 Å². The smallest absolute Gasteiger partial charge is 0.407 e. The summed E-state index contributed by atoms with van der Waals surface area (Å²) in [7, 11) is 1.13. The molecule has 1 aliphatic heterocycles. The van der Waals surface area contributed by atoms with Gasteiger partial charge in [-0.2, -0.15) is 0 Å².